The van der Waals surface area contributed by atoms with Gasteiger partial charge < -0.3 is 0 Å². The van der Waals surface area contributed by atoms with Crippen LogP contribution in [0.2, 0.25) is 0 Å². The molecule has 0 aliphatic carbocycles. The maximum absolute atomic E-state index is 4.23. The van der Waals surface area contributed by atoms with Crippen LogP contribution in [0, 0.1) is 6.92 Å². The number of rotatable bonds is 12. The molecule has 0 fully saturated rings. The first kappa shape index (κ1) is 22.0. The highest BCUT2D eigenvalue weighted by atomic mass is 14.1. The molecule has 0 N–H and O–H groups in total. The topological polar surface area (TPSA) is 0 Å². The van der Waals surface area contributed by atoms with E-state index in [1.165, 1.54) is 71.9 Å². The van der Waals surface area contributed by atoms with Crippen LogP contribution in [0.3, 0.4) is 0 Å². The summed E-state index contributed by atoms with van der Waals surface area (Å²) in [5.74, 6) is 0. The van der Waals surface area contributed by atoms with E-state index in [1.807, 2.05) is 0 Å². The molecular formula is C28H36. The van der Waals surface area contributed by atoms with Crippen molar-refractivity contribution in [2.24, 2.45) is 0 Å². The highest BCUT2D eigenvalue weighted by Crippen LogP contribution is 2.16. The van der Waals surface area contributed by atoms with Crippen molar-refractivity contribution in [2.45, 2.75) is 65.2 Å². The van der Waals surface area contributed by atoms with Crippen LogP contribution in [-0.4, -0.2) is 0 Å². The van der Waals surface area contributed by atoms with Crippen molar-refractivity contribution >= 4 is 6.08 Å². The van der Waals surface area contributed by atoms with Crippen molar-refractivity contribution in [3.05, 3.63) is 101 Å². The van der Waals surface area contributed by atoms with Gasteiger partial charge in [0.05, 0.1) is 0 Å². The lowest BCUT2D eigenvalue weighted by Crippen LogP contribution is -1.91. The second kappa shape index (κ2) is 12.2. The third kappa shape index (κ3) is 8.57. The second-order valence-corrected chi connectivity index (χ2v) is 8.04. The molecule has 0 spiro atoms. The molecule has 0 aliphatic rings. The third-order valence-corrected chi connectivity index (χ3v) is 5.23. The Labute approximate surface area is 172 Å². The minimum atomic E-state index is 1.01. The van der Waals surface area contributed by atoms with Crippen molar-refractivity contribution in [3.8, 4) is 0 Å². The van der Waals surface area contributed by atoms with Crippen LogP contribution in [-0.2, 0) is 12.8 Å². The molecule has 2 rings (SSSR count). The van der Waals surface area contributed by atoms with E-state index in [0.29, 0.717) is 0 Å². The molecule has 0 saturated carbocycles. The molecule has 0 bridgehead atoms. The summed E-state index contributed by atoms with van der Waals surface area (Å²) in [6.45, 7) is 12.5. The standard InChI is InChI=1S/C28H36/c1-23(2)12-7-5-6-8-14-26-15-11-16-27(22-26)20-18-24(3)19-21-28-17-10-9-13-25(28)4/h9-11,13,15-17,19,21-22H,1,3,5-8,12,14,18,20H2,2,4H3/b21-19-. The summed E-state index contributed by atoms with van der Waals surface area (Å²) in [6.07, 6.45) is 14.0. The largest absolute Gasteiger partial charge is 0.100 e. The number of allylic oxidation sites excluding steroid dienone is 3. The van der Waals surface area contributed by atoms with E-state index < -0.39 is 0 Å². The molecule has 2 aromatic carbocycles. The van der Waals surface area contributed by atoms with Gasteiger partial charge >= 0.3 is 0 Å². The summed E-state index contributed by atoms with van der Waals surface area (Å²) in [5, 5.41) is 0. The van der Waals surface area contributed by atoms with E-state index in [0.717, 1.165) is 12.8 Å². The summed E-state index contributed by atoms with van der Waals surface area (Å²) in [5.41, 5.74) is 7.96. The van der Waals surface area contributed by atoms with Crippen LogP contribution in [0.4, 0.5) is 0 Å². The van der Waals surface area contributed by atoms with Crippen LogP contribution in [0.1, 0.15) is 67.7 Å². The number of unbranched alkanes of at least 4 members (excludes halogenated alkanes) is 3. The highest BCUT2D eigenvalue weighted by molar-refractivity contribution is 5.56. The first-order valence-electron chi connectivity index (χ1n) is 10.7. The molecule has 0 nitrogen and oxygen atoms in total. The number of hydrogen-bond donors (Lipinski definition) is 0. The molecule has 0 atom stereocenters. The van der Waals surface area contributed by atoms with Crippen molar-refractivity contribution in [2.75, 3.05) is 0 Å². The van der Waals surface area contributed by atoms with Crippen LogP contribution in [0.15, 0.2) is 78.9 Å². The Morgan fingerprint density at radius 2 is 1.54 bits per heavy atom. The van der Waals surface area contributed by atoms with Crippen LogP contribution < -0.4 is 0 Å². The third-order valence-electron chi connectivity index (χ3n) is 5.23. The Morgan fingerprint density at radius 3 is 2.29 bits per heavy atom. The zero-order valence-corrected chi connectivity index (χ0v) is 17.8. The minimum absolute atomic E-state index is 1.01. The molecule has 0 unspecified atom stereocenters. The predicted molar refractivity (Wildman–Crippen MR) is 126 cm³/mol. The molecule has 0 heteroatoms. The molecular weight excluding hydrogens is 336 g/mol. The van der Waals surface area contributed by atoms with E-state index in [9.17, 15) is 0 Å². The van der Waals surface area contributed by atoms with E-state index >= 15 is 0 Å². The van der Waals surface area contributed by atoms with Gasteiger partial charge in [0.15, 0.2) is 0 Å². The lowest BCUT2D eigenvalue weighted by molar-refractivity contribution is 0.639. The van der Waals surface area contributed by atoms with Crippen molar-refractivity contribution in [3.63, 3.8) is 0 Å². The zero-order valence-electron chi connectivity index (χ0n) is 17.8. The van der Waals surface area contributed by atoms with Gasteiger partial charge in [0.1, 0.15) is 0 Å². The molecule has 148 valence electrons. The van der Waals surface area contributed by atoms with Gasteiger partial charge in [-0.2, -0.15) is 0 Å². The Morgan fingerprint density at radius 1 is 0.821 bits per heavy atom. The summed E-state index contributed by atoms with van der Waals surface area (Å²) >= 11 is 0. The summed E-state index contributed by atoms with van der Waals surface area (Å²) in [7, 11) is 0. The van der Waals surface area contributed by atoms with Gasteiger partial charge in [0.2, 0.25) is 0 Å². The normalized spacial score (nSPS) is 11.1. The maximum atomic E-state index is 4.23. The second-order valence-electron chi connectivity index (χ2n) is 8.04. The molecule has 2 aromatic rings. The van der Waals surface area contributed by atoms with Gasteiger partial charge in [-0.15, -0.1) is 6.58 Å². The first-order valence-corrected chi connectivity index (χ1v) is 10.7. The van der Waals surface area contributed by atoms with E-state index in [2.05, 4.69) is 87.7 Å². The van der Waals surface area contributed by atoms with Gasteiger partial charge in [0.25, 0.3) is 0 Å². The van der Waals surface area contributed by atoms with Gasteiger partial charge in [-0.05, 0) is 74.6 Å². The first-order chi connectivity index (χ1) is 13.5. The van der Waals surface area contributed by atoms with E-state index in [-0.39, 0.29) is 0 Å². The van der Waals surface area contributed by atoms with Gasteiger partial charge in [-0.25, -0.2) is 0 Å². The Hall–Kier alpha value is -2.34. The smallest absolute Gasteiger partial charge is 0.0227 e. The Balaban J connectivity index is 1.74. The van der Waals surface area contributed by atoms with E-state index in [1.54, 1.807) is 0 Å². The molecule has 0 aromatic heterocycles. The van der Waals surface area contributed by atoms with Crippen LogP contribution in [0.5, 0.6) is 0 Å². The fourth-order valence-corrected chi connectivity index (χ4v) is 3.42. The van der Waals surface area contributed by atoms with Crippen LogP contribution in [0.25, 0.3) is 6.08 Å². The zero-order chi connectivity index (χ0) is 20.2. The average molecular weight is 373 g/mol. The summed E-state index contributed by atoms with van der Waals surface area (Å²) in [4.78, 5) is 0. The number of aryl methyl sites for hydroxylation is 3. The molecule has 0 amide bonds. The van der Waals surface area contributed by atoms with Gasteiger partial charge in [-0.1, -0.05) is 91.2 Å². The summed E-state index contributed by atoms with van der Waals surface area (Å²) in [6, 6.07) is 17.6. The Bertz CT molecular complexity index is 791. The number of benzene rings is 2. The summed E-state index contributed by atoms with van der Waals surface area (Å²) < 4.78 is 0. The van der Waals surface area contributed by atoms with E-state index in [4.69, 9.17) is 0 Å². The van der Waals surface area contributed by atoms with Crippen molar-refractivity contribution in [1.82, 2.24) is 0 Å². The number of hydrogen-bond acceptors (Lipinski definition) is 0. The fourth-order valence-electron chi connectivity index (χ4n) is 3.42. The quantitative estimate of drug-likeness (QED) is 0.200. The minimum Gasteiger partial charge on any atom is -0.100 e. The van der Waals surface area contributed by atoms with Crippen molar-refractivity contribution in [1.29, 1.82) is 0 Å². The predicted octanol–water partition coefficient (Wildman–Crippen LogP) is 8.27. The van der Waals surface area contributed by atoms with Crippen LogP contribution >= 0.6 is 0 Å². The highest BCUT2D eigenvalue weighted by Gasteiger charge is 1.99. The fraction of sp³-hybridized carbons (Fsp3) is 0.357. The lowest BCUT2D eigenvalue weighted by Gasteiger charge is -2.07. The lowest BCUT2D eigenvalue weighted by atomic mass is 9.99. The van der Waals surface area contributed by atoms with Gasteiger partial charge in [-0.3, -0.25) is 0 Å². The van der Waals surface area contributed by atoms with Gasteiger partial charge in [0, 0.05) is 0 Å². The SMILES string of the molecule is C=C(C)CCCCCCc1cccc(CCC(=C)/C=C\c2ccccc2C)c1. The molecule has 0 radical (unpaired) electrons. The molecule has 0 heterocycles. The monoisotopic (exact) mass is 372 g/mol. The Kier molecular flexibility index (Phi) is 9.55. The average Bonchev–Trinajstić information content (AvgIpc) is 2.68. The molecule has 0 aliphatic heterocycles. The molecule has 0 saturated heterocycles. The molecule has 28 heavy (non-hydrogen) atoms. The van der Waals surface area contributed by atoms with Crippen molar-refractivity contribution < 1.29 is 0 Å². The maximum Gasteiger partial charge on any atom is -0.0227 e.